The molecule has 0 spiro atoms. The van der Waals surface area contributed by atoms with Crippen LogP contribution in [-0.4, -0.2) is 61.4 Å². The molecule has 1 aliphatic rings. The van der Waals surface area contributed by atoms with E-state index in [1.54, 1.807) is 35.5 Å². The lowest BCUT2D eigenvalue weighted by Gasteiger charge is -2.34. The summed E-state index contributed by atoms with van der Waals surface area (Å²) in [6, 6.07) is 9.57. The molecule has 0 atom stereocenters. The van der Waals surface area contributed by atoms with Gasteiger partial charge in [-0.3, -0.25) is 14.9 Å². The van der Waals surface area contributed by atoms with Crippen LogP contribution in [-0.2, 0) is 6.54 Å². The van der Waals surface area contributed by atoms with Gasteiger partial charge >= 0.3 is 0 Å². The Bertz CT molecular complexity index is 1340. The van der Waals surface area contributed by atoms with Crippen molar-refractivity contribution in [3.8, 4) is 0 Å². The highest BCUT2D eigenvalue weighted by molar-refractivity contribution is 5.91. The number of nitro groups is 1. The molecule has 0 saturated carbocycles. The molecule has 4 heterocycles. The number of anilines is 3. The molecular formula is C22H22N8O4. The first kappa shape index (κ1) is 21.4. The van der Waals surface area contributed by atoms with Crippen LogP contribution < -0.4 is 10.2 Å². The largest absolute Gasteiger partial charge is 0.459 e. The van der Waals surface area contributed by atoms with E-state index in [0.717, 1.165) is 0 Å². The van der Waals surface area contributed by atoms with Gasteiger partial charge in [-0.1, -0.05) is 6.07 Å². The summed E-state index contributed by atoms with van der Waals surface area (Å²) in [5.41, 5.74) is 1.74. The third-order valence-corrected chi connectivity index (χ3v) is 5.69. The monoisotopic (exact) mass is 462 g/mol. The fourth-order valence-corrected chi connectivity index (χ4v) is 3.89. The highest BCUT2D eigenvalue weighted by Gasteiger charge is 2.26. The number of nitrogens with zero attached hydrogens (tertiary/aromatic N) is 7. The predicted octanol–water partition coefficient (Wildman–Crippen LogP) is 3.05. The standard InChI is InChI=1S/C22H22N8O4/c1-2-27-14-23-18-19(24-15-5-3-6-16(13-15)30(32)33)25-22(26-20(18)27)29-10-8-28(9-11-29)21(31)17-7-4-12-34-17/h3-7,12-14H,2,8-11H2,1H3,(H,24,25,26). The van der Waals surface area contributed by atoms with Crippen molar-refractivity contribution in [1.82, 2.24) is 24.4 Å². The van der Waals surface area contributed by atoms with E-state index >= 15 is 0 Å². The summed E-state index contributed by atoms with van der Waals surface area (Å²) in [6.07, 6.45) is 3.18. The molecule has 12 heteroatoms. The lowest BCUT2D eigenvalue weighted by atomic mass is 10.2. The van der Waals surface area contributed by atoms with Gasteiger partial charge in [0.05, 0.1) is 17.5 Å². The zero-order valence-corrected chi connectivity index (χ0v) is 18.4. The normalized spacial score (nSPS) is 13.9. The summed E-state index contributed by atoms with van der Waals surface area (Å²) in [5.74, 6) is 1.14. The molecule has 1 fully saturated rings. The number of hydrogen-bond acceptors (Lipinski definition) is 9. The summed E-state index contributed by atoms with van der Waals surface area (Å²) < 4.78 is 7.14. The van der Waals surface area contributed by atoms with Crippen LogP contribution in [0.5, 0.6) is 0 Å². The Hall–Kier alpha value is -4.48. The van der Waals surface area contributed by atoms with Crippen molar-refractivity contribution in [2.24, 2.45) is 0 Å². The number of non-ortho nitro benzene ring substituents is 1. The van der Waals surface area contributed by atoms with Gasteiger partial charge in [-0.05, 0) is 25.1 Å². The smallest absolute Gasteiger partial charge is 0.289 e. The van der Waals surface area contributed by atoms with Gasteiger partial charge in [-0.15, -0.1) is 0 Å². The number of furan rings is 1. The minimum absolute atomic E-state index is 0.0213. The molecule has 1 N–H and O–H groups in total. The number of amides is 1. The van der Waals surface area contributed by atoms with E-state index in [4.69, 9.17) is 14.4 Å². The summed E-state index contributed by atoms with van der Waals surface area (Å²) in [5, 5.41) is 14.3. The van der Waals surface area contributed by atoms with E-state index in [1.165, 1.54) is 18.4 Å². The maximum atomic E-state index is 12.6. The molecule has 0 aliphatic carbocycles. The lowest BCUT2D eigenvalue weighted by Crippen LogP contribution is -2.49. The number of fused-ring (bicyclic) bond motifs is 1. The van der Waals surface area contributed by atoms with Crippen LogP contribution in [0.1, 0.15) is 17.5 Å². The first-order chi connectivity index (χ1) is 16.5. The molecular weight excluding hydrogens is 440 g/mol. The molecule has 0 bridgehead atoms. The topological polar surface area (TPSA) is 135 Å². The number of piperazine rings is 1. The molecule has 3 aromatic heterocycles. The Kier molecular flexibility index (Phi) is 5.54. The van der Waals surface area contributed by atoms with Gasteiger partial charge in [0.25, 0.3) is 11.6 Å². The van der Waals surface area contributed by atoms with E-state index in [0.29, 0.717) is 67.1 Å². The molecule has 1 aliphatic heterocycles. The quantitative estimate of drug-likeness (QED) is 0.339. The highest BCUT2D eigenvalue weighted by atomic mass is 16.6. The fourth-order valence-electron chi connectivity index (χ4n) is 3.89. The molecule has 1 aromatic carbocycles. The molecule has 1 saturated heterocycles. The number of nitrogens with one attached hydrogen (secondary N) is 1. The molecule has 12 nitrogen and oxygen atoms in total. The van der Waals surface area contributed by atoms with Crippen LogP contribution >= 0.6 is 0 Å². The van der Waals surface area contributed by atoms with Crippen molar-refractivity contribution in [2.45, 2.75) is 13.5 Å². The average Bonchev–Trinajstić information content (AvgIpc) is 3.54. The van der Waals surface area contributed by atoms with E-state index in [1.807, 2.05) is 16.4 Å². The van der Waals surface area contributed by atoms with Crippen LogP contribution in [0.2, 0.25) is 0 Å². The number of rotatable bonds is 6. The van der Waals surface area contributed by atoms with Gasteiger partial charge in [0.2, 0.25) is 5.95 Å². The van der Waals surface area contributed by atoms with Gasteiger partial charge < -0.3 is 24.1 Å². The predicted molar refractivity (Wildman–Crippen MR) is 124 cm³/mol. The maximum absolute atomic E-state index is 12.6. The number of imidazole rings is 1. The number of aryl methyl sites for hydroxylation is 1. The molecule has 0 radical (unpaired) electrons. The van der Waals surface area contributed by atoms with Gasteiger partial charge in [0.15, 0.2) is 22.7 Å². The van der Waals surface area contributed by atoms with Crippen LogP contribution in [0.4, 0.5) is 23.1 Å². The zero-order valence-electron chi connectivity index (χ0n) is 18.4. The Morgan fingerprint density at radius 2 is 2.00 bits per heavy atom. The molecule has 5 rings (SSSR count). The summed E-state index contributed by atoms with van der Waals surface area (Å²) in [7, 11) is 0. The summed E-state index contributed by atoms with van der Waals surface area (Å²) in [4.78, 5) is 40.9. The molecule has 4 aromatic rings. The average molecular weight is 462 g/mol. The Labute approximate surface area is 194 Å². The van der Waals surface area contributed by atoms with Crippen LogP contribution in [0.25, 0.3) is 11.2 Å². The SMILES string of the molecule is CCn1cnc2c(Nc3cccc([N+](=O)[O-])c3)nc(N3CCN(C(=O)c4ccco4)CC3)nc21. The van der Waals surface area contributed by atoms with Gasteiger partial charge in [0, 0.05) is 50.5 Å². The summed E-state index contributed by atoms with van der Waals surface area (Å²) in [6.45, 7) is 4.77. The second-order valence-electron chi connectivity index (χ2n) is 7.76. The van der Waals surface area contributed by atoms with E-state index in [2.05, 4.69) is 10.3 Å². The van der Waals surface area contributed by atoms with Crippen molar-refractivity contribution in [2.75, 3.05) is 36.4 Å². The fraction of sp³-hybridized carbons (Fsp3) is 0.273. The molecule has 174 valence electrons. The van der Waals surface area contributed by atoms with Gasteiger partial charge in [0.1, 0.15) is 0 Å². The third-order valence-electron chi connectivity index (χ3n) is 5.69. The minimum Gasteiger partial charge on any atom is -0.459 e. The summed E-state index contributed by atoms with van der Waals surface area (Å²) >= 11 is 0. The lowest BCUT2D eigenvalue weighted by molar-refractivity contribution is -0.384. The Morgan fingerprint density at radius 3 is 2.71 bits per heavy atom. The molecule has 34 heavy (non-hydrogen) atoms. The van der Waals surface area contributed by atoms with Crippen molar-refractivity contribution >= 4 is 40.2 Å². The number of aromatic nitrogens is 4. The van der Waals surface area contributed by atoms with Gasteiger partial charge in [-0.25, -0.2) is 4.98 Å². The van der Waals surface area contributed by atoms with Crippen LogP contribution in [0.15, 0.2) is 53.4 Å². The van der Waals surface area contributed by atoms with Crippen molar-refractivity contribution in [3.63, 3.8) is 0 Å². The number of hydrogen-bond donors (Lipinski definition) is 1. The molecule has 0 unspecified atom stereocenters. The van der Waals surface area contributed by atoms with Crippen molar-refractivity contribution in [3.05, 3.63) is 64.9 Å². The minimum atomic E-state index is -0.443. The second-order valence-corrected chi connectivity index (χ2v) is 7.76. The molecule has 1 amide bonds. The van der Waals surface area contributed by atoms with Crippen LogP contribution in [0.3, 0.4) is 0 Å². The second kappa shape index (κ2) is 8.81. The number of carbonyl (C=O) groups excluding carboxylic acids is 1. The third kappa shape index (κ3) is 4.00. The number of carbonyl (C=O) groups is 1. The Balaban J connectivity index is 1.42. The van der Waals surface area contributed by atoms with Crippen LogP contribution in [0, 0.1) is 10.1 Å². The maximum Gasteiger partial charge on any atom is 0.289 e. The van der Waals surface area contributed by atoms with Crippen molar-refractivity contribution in [1.29, 1.82) is 0 Å². The van der Waals surface area contributed by atoms with E-state index in [-0.39, 0.29) is 11.6 Å². The first-order valence-corrected chi connectivity index (χ1v) is 10.9. The number of benzene rings is 1. The first-order valence-electron chi connectivity index (χ1n) is 10.9. The van der Waals surface area contributed by atoms with E-state index in [9.17, 15) is 14.9 Å². The van der Waals surface area contributed by atoms with Crippen molar-refractivity contribution < 1.29 is 14.1 Å². The van der Waals surface area contributed by atoms with E-state index < -0.39 is 4.92 Å². The highest BCUT2D eigenvalue weighted by Crippen LogP contribution is 2.27. The number of nitro benzene ring substituents is 1. The Morgan fingerprint density at radius 1 is 1.18 bits per heavy atom. The zero-order chi connectivity index (χ0) is 23.7. The van der Waals surface area contributed by atoms with Gasteiger partial charge in [-0.2, -0.15) is 9.97 Å².